The Morgan fingerprint density at radius 2 is 1.90 bits per heavy atom. The van der Waals surface area contributed by atoms with Crippen LogP contribution in [0.2, 0.25) is 0 Å². The summed E-state index contributed by atoms with van der Waals surface area (Å²) in [6.07, 6.45) is 0. The molecule has 2 N–H and O–H groups in total. The van der Waals surface area contributed by atoms with E-state index in [9.17, 15) is 4.39 Å². The number of anilines is 2. The molecular formula is C16H19FN2O. The van der Waals surface area contributed by atoms with E-state index in [1.165, 1.54) is 12.1 Å². The van der Waals surface area contributed by atoms with Crippen molar-refractivity contribution in [1.29, 1.82) is 0 Å². The minimum atomic E-state index is -0.236. The Hall–Kier alpha value is -2.23. The van der Waals surface area contributed by atoms with Crippen LogP contribution in [0.15, 0.2) is 36.4 Å². The van der Waals surface area contributed by atoms with E-state index in [0.29, 0.717) is 18.0 Å². The number of ether oxygens (including phenoxy) is 1. The molecule has 0 amide bonds. The van der Waals surface area contributed by atoms with Crippen molar-refractivity contribution in [3.05, 3.63) is 53.3 Å². The van der Waals surface area contributed by atoms with E-state index in [1.54, 1.807) is 6.07 Å². The first-order valence-corrected chi connectivity index (χ1v) is 6.42. The molecule has 0 atom stereocenters. The van der Waals surface area contributed by atoms with E-state index in [0.717, 1.165) is 16.8 Å². The number of hydrogen-bond donors (Lipinski definition) is 1. The van der Waals surface area contributed by atoms with Crippen LogP contribution < -0.4 is 15.4 Å². The minimum Gasteiger partial charge on any atom is -0.487 e. The molecule has 20 heavy (non-hydrogen) atoms. The van der Waals surface area contributed by atoms with E-state index in [4.69, 9.17) is 10.5 Å². The maximum atomic E-state index is 13.1. The van der Waals surface area contributed by atoms with E-state index >= 15 is 0 Å². The fraction of sp³-hybridized carbons (Fsp3) is 0.250. The molecule has 4 heteroatoms. The van der Waals surface area contributed by atoms with Crippen molar-refractivity contribution in [1.82, 2.24) is 0 Å². The lowest BCUT2D eigenvalue weighted by molar-refractivity contribution is 0.307. The summed E-state index contributed by atoms with van der Waals surface area (Å²) in [6.45, 7) is 2.23. The van der Waals surface area contributed by atoms with Crippen molar-refractivity contribution in [2.75, 3.05) is 24.7 Å². The molecule has 0 saturated carbocycles. The molecule has 0 aliphatic rings. The average molecular weight is 274 g/mol. The van der Waals surface area contributed by atoms with Crippen LogP contribution in [0.5, 0.6) is 5.75 Å². The molecule has 0 radical (unpaired) electrons. The lowest BCUT2D eigenvalue weighted by Crippen LogP contribution is -2.09. The van der Waals surface area contributed by atoms with Gasteiger partial charge in [0.05, 0.1) is 5.69 Å². The molecule has 3 nitrogen and oxygen atoms in total. The van der Waals surface area contributed by atoms with Gasteiger partial charge in [0.15, 0.2) is 0 Å². The highest BCUT2D eigenvalue weighted by Gasteiger charge is 2.06. The second kappa shape index (κ2) is 5.82. The molecular weight excluding hydrogens is 255 g/mol. The fourth-order valence-electron chi connectivity index (χ4n) is 1.90. The Labute approximate surface area is 118 Å². The number of halogens is 1. The number of benzene rings is 2. The van der Waals surface area contributed by atoms with Gasteiger partial charge in [-0.3, -0.25) is 0 Å². The van der Waals surface area contributed by atoms with E-state index in [1.807, 2.05) is 44.1 Å². The topological polar surface area (TPSA) is 38.5 Å². The number of nitrogens with zero attached hydrogens (tertiary/aromatic N) is 1. The van der Waals surface area contributed by atoms with Gasteiger partial charge in [-0.2, -0.15) is 0 Å². The lowest BCUT2D eigenvalue weighted by atomic mass is 10.1. The third kappa shape index (κ3) is 3.20. The number of nitrogen functional groups attached to an aromatic ring is 1. The first kappa shape index (κ1) is 14.2. The first-order chi connectivity index (χ1) is 9.47. The highest BCUT2D eigenvalue weighted by molar-refractivity contribution is 5.61. The van der Waals surface area contributed by atoms with Crippen molar-refractivity contribution in [2.24, 2.45) is 0 Å². The van der Waals surface area contributed by atoms with Gasteiger partial charge >= 0.3 is 0 Å². The highest BCUT2D eigenvalue weighted by Crippen LogP contribution is 2.27. The maximum Gasteiger partial charge on any atom is 0.144 e. The zero-order valence-corrected chi connectivity index (χ0v) is 12.0. The zero-order chi connectivity index (χ0) is 14.7. The first-order valence-electron chi connectivity index (χ1n) is 6.42. The van der Waals surface area contributed by atoms with E-state index in [2.05, 4.69) is 0 Å². The van der Waals surface area contributed by atoms with Gasteiger partial charge in [0, 0.05) is 25.8 Å². The van der Waals surface area contributed by atoms with Crippen LogP contribution >= 0.6 is 0 Å². The number of aryl methyl sites for hydroxylation is 1. The average Bonchev–Trinajstić information content (AvgIpc) is 2.39. The fourth-order valence-corrected chi connectivity index (χ4v) is 1.90. The van der Waals surface area contributed by atoms with Gasteiger partial charge in [0.1, 0.15) is 18.2 Å². The maximum absolute atomic E-state index is 13.1. The Morgan fingerprint density at radius 1 is 1.15 bits per heavy atom. The van der Waals surface area contributed by atoms with Crippen LogP contribution in [0.3, 0.4) is 0 Å². The summed E-state index contributed by atoms with van der Waals surface area (Å²) in [4.78, 5) is 1.98. The Bertz CT molecular complexity index is 611. The third-order valence-electron chi connectivity index (χ3n) is 3.20. The van der Waals surface area contributed by atoms with Crippen LogP contribution in [-0.2, 0) is 6.61 Å². The Balaban J connectivity index is 2.16. The molecule has 0 bridgehead atoms. The van der Waals surface area contributed by atoms with Crippen LogP contribution in [-0.4, -0.2) is 14.1 Å². The largest absolute Gasteiger partial charge is 0.487 e. The molecule has 0 saturated heterocycles. The van der Waals surface area contributed by atoms with Crippen molar-refractivity contribution >= 4 is 11.4 Å². The Morgan fingerprint density at radius 3 is 2.55 bits per heavy atom. The van der Waals surface area contributed by atoms with Crippen molar-refractivity contribution in [2.45, 2.75) is 13.5 Å². The SMILES string of the molecule is Cc1cc(F)ccc1COc1cc(N(C)C)ccc1N. The number of hydrogen-bond acceptors (Lipinski definition) is 3. The minimum absolute atomic E-state index is 0.236. The Kier molecular flexibility index (Phi) is 4.13. The monoisotopic (exact) mass is 274 g/mol. The summed E-state index contributed by atoms with van der Waals surface area (Å²) in [5.74, 6) is 0.403. The lowest BCUT2D eigenvalue weighted by Gasteiger charge is -2.16. The molecule has 2 rings (SSSR count). The molecule has 0 aliphatic carbocycles. The van der Waals surface area contributed by atoms with Crippen molar-refractivity contribution < 1.29 is 9.13 Å². The van der Waals surface area contributed by atoms with Crippen LogP contribution in [0.25, 0.3) is 0 Å². The molecule has 0 unspecified atom stereocenters. The van der Waals surface area contributed by atoms with Gasteiger partial charge in [0.25, 0.3) is 0 Å². The normalized spacial score (nSPS) is 10.4. The summed E-state index contributed by atoms with van der Waals surface area (Å²) < 4.78 is 18.8. The molecule has 106 valence electrons. The van der Waals surface area contributed by atoms with Crippen LogP contribution in [0, 0.1) is 12.7 Å². The smallest absolute Gasteiger partial charge is 0.144 e. The van der Waals surface area contributed by atoms with Gasteiger partial charge in [-0.05, 0) is 42.3 Å². The second-order valence-corrected chi connectivity index (χ2v) is 4.98. The highest BCUT2D eigenvalue weighted by atomic mass is 19.1. The molecule has 2 aromatic carbocycles. The van der Waals surface area contributed by atoms with Crippen molar-refractivity contribution in [3.8, 4) is 5.75 Å². The van der Waals surface area contributed by atoms with Gasteiger partial charge in [-0.25, -0.2) is 4.39 Å². The quantitative estimate of drug-likeness (QED) is 0.869. The molecule has 0 spiro atoms. The van der Waals surface area contributed by atoms with E-state index in [-0.39, 0.29) is 5.82 Å². The van der Waals surface area contributed by atoms with Gasteiger partial charge < -0.3 is 15.4 Å². The van der Waals surface area contributed by atoms with Gasteiger partial charge in [-0.1, -0.05) is 6.07 Å². The van der Waals surface area contributed by atoms with Gasteiger partial charge in [-0.15, -0.1) is 0 Å². The standard InChI is InChI=1S/C16H19FN2O/c1-11-8-13(17)5-4-12(11)10-20-16-9-14(19(2)3)6-7-15(16)18/h4-9H,10,18H2,1-3H3. The molecule has 2 aromatic rings. The predicted molar refractivity (Wildman–Crippen MR) is 80.7 cm³/mol. The summed E-state index contributed by atoms with van der Waals surface area (Å²) in [6, 6.07) is 10.3. The number of nitrogens with two attached hydrogens (primary N) is 1. The van der Waals surface area contributed by atoms with Crippen molar-refractivity contribution in [3.63, 3.8) is 0 Å². The molecule has 0 heterocycles. The summed E-state index contributed by atoms with van der Waals surface area (Å²) in [7, 11) is 3.92. The van der Waals surface area contributed by atoms with Gasteiger partial charge in [0.2, 0.25) is 0 Å². The summed E-state index contributed by atoms with van der Waals surface area (Å²) in [5, 5.41) is 0. The van der Waals surface area contributed by atoms with Crippen LogP contribution in [0.4, 0.5) is 15.8 Å². The number of rotatable bonds is 4. The second-order valence-electron chi connectivity index (χ2n) is 4.98. The summed E-state index contributed by atoms with van der Waals surface area (Å²) in [5.41, 5.74) is 9.34. The molecule has 0 fully saturated rings. The molecule has 0 aliphatic heterocycles. The zero-order valence-electron chi connectivity index (χ0n) is 12.0. The predicted octanol–water partition coefficient (Wildman–Crippen LogP) is 3.36. The third-order valence-corrected chi connectivity index (χ3v) is 3.20. The summed E-state index contributed by atoms with van der Waals surface area (Å²) >= 11 is 0. The van der Waals surface area contributed by atoms with E-state index < -0.39 is 0 Å². The molecule has 0 aromatic heterocycles. The van der Waals surface area contributed by atoms with Crippen LogP contribution in [0.1, 0.15) is 11.1 Å².